The zero-order valence-corrected chi connectivity index (χ0v) is 16.7. The van der Waals surface area contributed by atoms with E-state index in [0.29, 0.717) is 31.9 Å². The maximum Gasteiger partial charge on any atom is 0.332 e. The lowest BCUT2D eigenvalue weighted by Crippen LogP contribution is -2.43. The summed E-state index contributed by atoms with van der Waals surface area (Å²) >= 11 is 1.07. The maximum atomic E-state index is 12.8. The van der Waals surface area contributed by atoms with E-state index >= 15 is 0 Å². The highest BCUT2D eigenvalue weighted by molar-refractivity contribution is 8.15. The number of benzene rings is 2. The van der Waals surface area contributed by atoms with E-state index in [2.05, 4.69) is 5.16 Å². The van der Waals surface area contributed by atoms with Crippen molar-refractivity contribution in [3.05, 3.63) is 66.2 Å². The van der Waals surface area contributed by atoms with Crippen LogP contribution in [0.2, 0.25) is 0 Å². The molecule has 1 heterocycles. The van der Waals surface area contributed by atoms with Crippen LogP contribution in [-0.4, -0.2) is 50.6 Å². The van der Waals surface area contributed by atoms with Gasteiger partial charge in [0.25, 0.3) is 5.91 Å². The van der Waals surface area contributed by atoms with Gasteiger partial charge in [0.1, 0.15) is 5.75 Å². The summed E-state index contributed by atoms with van der Waals surface area (Å²) in [5.41, 5.74) is 0.578. The zero-order valence-electron chi connectivity index (χ0n) is 15.1. The molecule has 0 aliphatic carbocycles. The van der Waals surface area contributed by atoms with Gasteiger partial charge in [0.15, 0.2) is 0 Å². The Morgan fingerprint density at radius 2 is 1.64 bits per heavy atom. The second-order valence-corrected chi connectivity index (χ2v) is 8.59. The third kappa shape index (κ3) is 6.08. The average molecular weight is 421 g/mol. The van der Waals surface area contributed by atoms with Crippen molar-refractivity contribution in [2.75, 3.05) is 26.3 Å². The van der Waals surface area contributed by atoms with Crippen LogP contribution < -0.4 is 0 Å². The molecule has 2 aromatic rings. The molecule has 0 N–H and O–H groups in total. The van der Waals surface area contributed by atoms with Crippen LogP contribution in [0.4, 0.5) is 0 Å². The lowest BCUT2D eigenvalue weighted by atomic mass is 10.2. The largest absolute Gasteiger partial charge is 0.378 e. The van der Waals surface area contributed by atoms with Crippen molar-refractivity contribution in [3.8, 4) is 0 Å². The van der Waals surface area contributed by atoms with Gasteiger partial charge in [-0.05, 0) is 17.7 Å². The van der Waals surface area contributed by atoms with Gasteiger partial charge in [-0.3, -0.25) is 9.08 Å². The van der Waals surface area contributed by atoms with E-state index in [1.54, 1.807) is 35.2 Å². The molecule has 1 saturated heterocycles. The maximum absolute atomic E-state index is 12.8. The number of thioether (sulfide) groups is 1. The first-order valence-electron chi connectivity index (χ1n) is 8.67. The number of amides is 1. The van der Waals surface area contributed by atoms with Crippen molar-refractivity contribution in [2.24, 2.45) is 5.16 Å². The molecular formula is C19H20N2O5S2. The van der Waals surface area contributed by atoms with Crippen molar-refractivity contribution in [1.82, 2.24) is 4.90 Å². The number of rotatable bonds is 5. The van der Waals surface area contributed by atoms with Crippen LogP contribution in [-0.2, 0) is 29.7 Å². The van der Waals surface area contributed by atoms with Crippen LogP contribution >= 0.6 is 11.8 Å². The molecule has 1 fully saturated rings. The third-order valence-corrected chi connectivity index (χ3v) is 5.80. The lowest BCUT2D eigenvalue weighted by Gasteiger charge is -2.26. The van der Waals surface area contributed by atoms with E-state index in [-0.39, 0.29) is 16.7 Å². The monoisotopic (exact) mass is 420 g/mol. The quantitative estimate of drug-likeness (QED) is 0.320. The highest BCUT2D eigenvalue weighted by Crippen LogP contribution is 2.22. The van der Waals surface area contributed by atoms with E-state index in [0.717, 1.165) is 16.7 Å². The van der Waals surface area contributed by atoms with E-state index in [1.807, 2.05) is 30.3 Å². The molecule has 1 amide bonds. The van der Waals surface area contributed by atoms with Gasteiger partial charge in [0.2, 0.25) is 5.04 Å². The summed E-state index contributed by atoms with van der Waals surface area (Å²) in [6.45, 7) is 1.71. The first-order valence-corrected chi connectivity index (χ1v) is 11.1. The Kier molecular flexibility index (Phi) is 7.07. The van der Waals surface area contributed by atoms with Crippen LogP contribution in [0.1, 0.15) is 5.56 Å². The molecule has 3 rings (SSSR count). The fraction of sp³-hybridized carbons (Fsp3) is 0.263. The molecule has 7 nitrogen and oxygen atoms in total. The number of hydrogen-bond donors (Lipinski definition) is 0. The van der Waals surface area contributed by atoms with Gasteiger partial charge < -0.3 is 9.64 Å². The predicted molar refractivity (Wildman–Crippen MR) is 107 cm³/mol. The number of ether oxygens (including phenoxy) is 1. The molecule has 0 spiro atoms. The van der Waals surface area contributed by atoms with Crippen LogP contribution in [0.5, 0.6) is 0 Å². The van der Waals surface area contributed by atoms with Crippen LogP contribution in [0.15, 0.2) is 70.7 Å². The molecule has 0 radical (unpaired) electrons. The molecule has 28 heavy (non-hydrogen) atoms. The number of carbonyl (C=O) groups excluding carboxylic acids is 1. The van der Waals surface area contributed by atoms with Crippen molar-refractivity contribution < 1.29 is 22.2 Å². The number of hydrogen-bond acceptors (Lipinski definition) is 7. The normalized spacial score (nSPS) is 15.3. The first-order chi connectivity index (χ1) is 13.5. The topological polar surface area (TPSA) is 85.3 Å². The minimum absolute atomic E-state index is 0.0373. The molecule has 1 aliphatic heterocycles. The van der Waals surface area contributed by atoms with E-state index in [1.165, 1.54) is 0 Å². The van der Waals surface area contributed by atoms with Crippen LogP contribution in [0.25, 0.3) is 0 Å². The van der Waals surface area contributed by atoms with Crippen molar-refractivity contribution in [3.63, 3.8) is 0 Å². The minimum Gasteiger partial charge on any atom is -0.378 e. The molecule has 0 atom stereocenters. The summed E-state index contributed by atoms with van der Waals surface area (Å²) in [7, 11) is -3.98. The standard InChI is InChI=1S/C19H20N2O5S2/c22-19(21-11-13-25-14-12-21)18(27-17-9-5-2-6-10-17)20-26-28(23,24)15-16-7-3-1-4-8-16/h1-10H,11-15H2. The van der Waals surface area contributed by atoms with Gasteiger partial charge in [-0.2, -0.15) is 8.42 Å². The first kappa shape index (κ1) is 20.4. The summed E-state index contributed by atoms with van der Waals surface area (Å²) < 4.78 is 34.6. The number of oxime groups is 1. The summed E-state index contributed by atoms with van der Waals surface area (Å²) in [5.74, 6) is -0.709. The smallest absolute Gasteiger partial charge is 0.332 e. The molecule has 2 aromatic carbocycles. The van der Waals surface area contributed by atoms with Crippen LogP contribution in [0.3, 0.4) is 0 Å². The zero-order chi connectivity index (χ0) is 19.8. The van der Waals surface area contributed by atoms with Gasteiger partial charge in [0, 0.05) is 18.0 Å². The lowest BCUT2D eigenvalue weighted by molar-refractivity contribution is -0.127. The Balaban J connectivity index is 1.77. The molecular weight excluding hydrogens is 400 g/mol. The van der Waals surface area contributed by atoms with Gasteiger partial charge in [-0.1, -0.05) is 65.4 Å². The second-order valence-electron chi connectivity index (χ2n) is 5.98. The third-order valence-electron chi connectivity index (χ3n) is 3.86. The SMILES string of the molecule is O=C(C(=NOS(=O)(=O)Cc1ccccc1)Sc1ccccc1)N1CCOCC1. The predicted octanol–water partition coefficient (Wildman–Crippen LogP) is 2.50. The Labute approximate surface area is 168 Å². The number of nitrogens with zero attached hydrogens (tertiary/aromatic N) is 2. The van der Waals surface area contributed by atoms with E-state index in [9.17, 15) is 13.2 Å². The van der Waals surface area contributed by atoms with Crippen LogP contribution in [0, 0.1) is 0 Å². The molecule has 0 unspecified atom stereocenters. The van der Waals surface area contributed by atoms with Gasteiger partial charge in [-0.25, -0.2) is 0 Å². The molecule has 1 aliphatic rings. The summed E-state index contributed by atoms with van der Waals surface area (Å²) in [6, 6.07) is 17.8. The fourth-order valence-electron chi connectivity index (χ4n) is 2.50. The Morgan fingerprint density at radius 3 is 2.29 bits per heavy atom. The minimum atomic E-state index is -3.98. The number of carbonyl (C=O) groups is 1. The second kappa shape index (κ2) is 9.72. The van der Waals surface area contributed by atoms with Gasteiger partial charge >= 0.3 is 10.1 Å². The highest BCUT2D eigenvalue weighted by atomic mass is 32.2. The summed E-state index contributed by atoms with van der Waals surface area (Å²) in [5, 5.41) is 3.68. The average Bonchev–Trinajstić information content (AvgIpc) is 2.72. The molecule has 0 saturated carbocycles. The van der Waals surface area contributed by atoms with E-state index < -0.39 is 10.1 Å². The van der Waals surface area contributed by atoms with Crippen molar-refractivity contribution >= 4 is 32.8 Å². The Hall–Kier alpha value is -2.36. The highest BCUT2D eigenvalue weighted by Gasteiger charge is 2.25. The summed E-state index contributed by atoms with van der Waals surface area (Å²) in [4.78, 5) is 15.2. The summed E-state index contributed by atoms with van der Waals surface area (Å²) in [6.07, 6.45) is 0. The van der Waals surface area contributed by atoms with Gasteiger partial charge in [0.05, 0.1) is 13.2 Å². The van der Waals surface area contributed by atoms with Crippen molar-refractivity contribution in [2.45, 2.75) is 10.6 Å². The molecule has 0 bridgehead atoms. The van der Waals surface area contributed by atoms with E-state index in [4.69, 9.17) is 9.02 Å². The molecule has 148 valence electrons. The Morgan fingerprint density at radius 1 is 1.04 bits per heavy atom. The fourth-order valence-corrected chi connectivity index (χ4v) is 4.19. The Bertz CT molecular complexity index is 912. The number of morpholine rings is 1. The van der Waals surface area contributed by atoms with Crippen molar-refractivity contribution in [1.29, 1.82) is 0 Å². The molecule has 0 aromatic heterocycles. The van der Waals surface area contributed by atoms with Gasteiger partial charge in [-0.15, -0.1) is 0 Å². The molecule has 9 heteroatoms.